The fraction of sp³-hybridized carbons (Fsp3) is 0.182. The first-order chi connectivity index (χ1) is 14.9. The molecule has 0 aliphatic carbocycles. The van der Waals surface area contributed by atoms with Crippen molar-refractivity contribution in [2.75, 3.05) is 13.7 Å². The molecule has 0 saturated carbocycles. The van der Waals surface area contributed by atoms with E-state index < -0.39 is 22.0 Å². The summed E-state index contributed by atoms with van der Waals surface area (Å²) in [7, 11) is -2.52. The number of fused-ring (bicyclic) bond motifs is 1. The molecule has 0 fully saturated rings. The minimum atomic E-state index is -4.08. The third-order valence-corrected chi connectivity index (χ3v) is 6.92. The number of carbonyl (C=O) groups is 1. The Morgan fingerprint density at radius 2 is 1.77 bits per heavy atom. The van der Waals surface area contributed by atoms with Crippen molar-refractivity contribution in [3.8, 4) is 17.4 Å². The molecule has 0 spiro atoms. The third-order valence-electron chi connectivity index (χ3n) is 5.07. The Balaban J connectivity index is 1.59. The lowest BCUT2D eigenvalue weighted by Crippen LogP contribution is -2.43. The number of hydrogen-bond acceptors (Lipinski definition) is 6. The predicted octanol–water partition coefficient (Wildman–Crippen LogP) is 3.26. The second kappa shape index (κ2) is 8.37. The van der Waals surface area contributed by atoms with Crippen LogP contribution in [0.4, 0.5) is 0 Å². The molecule has 8 nitrogen and oxygen atoms in total. The van der Waals surface area contributed by atoms with Gasteiger partial charge >= 0.3 is 5.97 Å². The molecule has 31 heavy (non-hydrogen) atoms. The van der Waals surface area contributed by atoms with Crippen molar-refractivity contribution < 1.29 is 27.8 Å². The number of aromatic nitrogens is 1. The smallest absolute Gasteiger partial charge is 0.326 e. The summed E-state index contributed by atoms with van der Waals surface area (Å²) in [5, 5.41) is 9.76. The number of benzene rings is 2. The highest BCUT2D eigenvalue weighted by Crippen LogP contribution is 2.34. The van der Waals surface area contributed by atoms with E-state index in [4.69, 9.17) is 9.47 Å². The largest absolute Gasteiger partial charge is 0.497 e. The third kappa shape index (κ3) is 4.10. The number of hydrogen-bond donors (Lipinski definition) is 1. The number of pyridine rings is 1. The van der Waals surface area contributed by atoms with E-state index in [9.17, 15) is 18.3 Å². The molecule has 1 aliphatic rings. The molecule has 0 unspecified atom stereocenters. The SMILES string of the molecule is COc1ccc(Oc2ccc(S(=O)(=O)N3CCc4ccccc4[C@@H]3C(=O)O)cn2)cc1. The van der Waals surface area contributed by atoms with Gasteiger partial charge in [0.05, 0.1) is 13.3 Å². The topological polar surface area (TPSA) is 106 Å². The summed E-state index contributed by atoms with van der Waals surface area (Å²) >= 11 is 0. The van der Waals surface area contributed by atoms with Gasteiger partial charge < -0.3 is 14.6 Å². The van der Waals surface area contributed by atoms with Gasteiger partial charge in [-0.15, -0.1) is 0 Å². The highest BCUT2D eigenvalue weighted by Gasteiger charge is 2.40. The van der Waals surface area contributed by atoms with Crippen molar-refractivity contribution in [3.63, 3.8) is 0 Å². The van der Waals surface area contributed by atoms with E-state index in [1.807, 2.05) is 12.1 Å². The molecule has 160 valence electrons. The maximum absolute atomic E-state index is 13.2. The molecule has 3 aromatic rings. The van der Waals surface area contributed by atoms with E-state index in [0.717, 1.165) is 9.87 Å². The van der Waals surface area contributed by atoms with E-state index in [-0.39, 0.29) is 17.3 Å². The molecule has 1 N–H and O–H groups in total. The zero-order chi connectivity index (χ0) is 22.0. The van der Waals surface area contributed by atoms with Crippen LogP contribution in [0.1, 0.15) is 17.2 Å². The summed E-state index contributed by atoms with van der Waals surface area (Å²) in [4.78, 5) is 15.9. The van der Waals surface area contributed by atoms with Crippen LogP contribution in [0.2, 0.25) is 0 Å². The molecule has 0 saturated heterocycles. The van der Waals surface area contributed by atoms with Gasteiger partial charge in [-0.3, -0.25) is 4.79 Å². The number of ether oxygens (including phenoxy) is 2. The first kappa shape index (κ1) is 20.8. The lowest BCUT2D eigenvalue weighted by Gasteiger charge is -2.33. The molecule has 9 heteroatoms. The van der Waals surface area contributed by atoms with Gasteiger partial charge in [0.2, 0.25) is 15.9 Å². The molecule has 1 aliphatic heterocycles. The van der Waals surface area contributed by atoms with E-state index >= 15 is 0 Å². The van der Waals surface area contributed by atoms with Gasteiger partial charge in [-0.05, 0) is 47.9 Å². The monoisotopic (exact) mass is 440 g/mol. The van der Waals surface area contributed by atoms with E-state index in [2.05, 4.69) is 4.98 Å². The van der Waals surface area contributed by atoms with Crippen LogP contribution in [-0.2, 0) is 21.2 Å². The van der Waals surface area contributed by atoms with Crippen molar-refractivity contribution in [1.29, 1.82) is 0 Å². The van der Waals surface area contributed by atoms with Gasteiger partial charge in [0.15, 0.2) is 0 Å². The van der Waals surface area contributed by atoms with Crippen LogP contribution in [0.25, 0.3) is 0 Å². The van der Waals surface area contributed by atoms with Crippen molar-refractivity contribution >= 4 is 16.0 Å². The zero-order valence-corrected chi connectivity index (χ0v) is 17.5. The molecule has 1 atom stereocenters. The molecular weight excluding hydrogens is 420 g/mol. The van der Waals surface area contributed by atoms with Crippen LogP contribution < -0.4 is 9.47 Å². The van der Waals surface area contributed by atoms with Crippen molar-refractivity contribution in [1.82, 2.24) is 9.29 Å². The number of sulfonamides is 1. The second-order valence-electron chi connectivity index (χ2n) is 6.92. The molecule has 2 aromatic carbocycles. The summed E-state index contributed by atoms with van der Waals surface area (Å²) in [6.07, 6.45) is 1.61. The second-order valence-corrected chi connectivity index (χ2v) is 8.81. The van der Waals surface area contributed by atoms with E-state index in [1.165, 1.54) is 18.3 Å². The van der Waals surface area contributed by atoms with Crippen LogP contribution in [0.5, 0.6) is 17.4 Å². The van der Waals surface area contributed by atoms with Crippen molar-refractivity contribution in [2.24, 2.45) is 0 Å². The molecule has 0 bridgehead atoms. The maximum Gasteiger partial charge on any atom is 0.326 e. The lowest BCUT2D eigenvalue weighted by molar-refractivity contribution is -0.142. The Hall–Kier alpha value is -3.43. The summed E-state index contributed by atoms with van der Waals surface area (Å²) in [6.45, 7) is 0.0699. The Morgan fingerprint density at radius 1 is 1.06 bits per heavy atom. The Kier molecular flexibility index (Phi) is 5.62. The summed E-state index contributed by atoms with van der Waals surface area (Å²) in [5.41, 5.74) is 1.32. The van der Waals surface area contributed by atoms with Gasteiger partial charge in [-0.25, -0.2) is 13.4 Å². The Bertz CT molecular complexity index is 1190. The zero-order valence-electron chi connectivity index (χ0n) is 16.6. The van der Waals surface area contributed by atoms with Crippen molar-refractivity contribution in [2.45, 2.75) is 17.4 Å². The number of aliphatic carboxylic acids is 1. The van der Waals surface area contributed by atoms with Gasteiger partial charge in [0.25, 0.3) is 0 Å². The number of carboxylic acids is 1. The fourth-order valence-corrected chi connectivity index (χ4v) is 5.05. The normalized spacial score (nSPS) is 16.4. The van der Waals surface area contributed by atoms with Crippen LogP contribution in [-0.4, -0.2) is 42.4 Å². The van der Waals surface area contributed by atoms with Crippen molar-refractivity contribution in [3.05, 3.63) is 78.0 Å². The molecule has 4 rings (SSSR count). The highest BCUT2D eigenvalue weighted by atomic mass is 32.2. The quantitative estimate of drug-likeness (QED) is 0.627. The summed E-state index contributed by atoms with van der Waals surface area (Å²) in [5.74, 6) is 0.186. The van der Waals surface area contributed by atoms with Gasteiger partial charge in [0, 0.05) is 12.6 Å². The minimum absolute atomic E-state index is 0.0699. The standard InChI is InChI=1S/C22H20N2O6S/c1-29-16-6-8-17(9-7-16)30-20-11-10-18(14-23-20)31(27,28)24-13-12-15-4-2-3-5-19(15)21(24)22(25)26/h2-11,14,21H,12-13H2,1H3,(H,25,26)/t21-/m1/s1. The number of methoxy groups -OCH3 is 1. The van der Waals surface area contributed by atoms with E-state index in [0.29, 0.717) is 23.5 Å². The average Bonchev–Trinajstić information content (AvgIpc) is 2.79. The summed E-state index contributed by atoms with van der Waals surface area (Å²) < 4.78 is 38.2. The first-order valence-corrected chi connectivity index (χ1v) is 10.9. The fourth-order valence-electron chi connectivity index (χ4n) is 3.54. The molecule has 0 amide bonds. The van der Waals surface area contributed by atoms with Crippen LogP contribution in [0.15, 0.2) is 71.8 Å². The Labute approximate surface area is 179 Å². The number of nitrogens with zero attached hydrogens (tertiary/aromatic N) is 2. The van der Waals surface area contributed by atoms with E-state index in [1.54, 1.807) is 43.5 Å². The highest BCUT2D eigenvalue weighted by molar-refractivity contribution is 7.89. The van der Waals surface area contributed by atoms with Crippen LogP contribution in [0.3, 0.4) is 0 Å². The molecular formula is C22H20N2O6S. The molecule has 2 heterocycles. The van der Waals surface area contributed by atoms with Crippen LogP contribution in [0, 0.1) is 0 Å². The minimum Gasteiger partial charge on any atom is -0.497 e. The molecule has 0 radical (unpaired) electrons. The first-order valence-electron chi connectivity index (χ1n) is 9.50. The lowest BCUT2D eigenvalue weighted by atomic mass is 9.94. The molecule has 1 aromatic heterocycles. The maximum atomic E-state index is 13.2. The summed E-state index contributed by atoms with van der Waals surface area (Å²) in [6, 6.07) is 15.4. The number of rotatable bonds is 6. The van der Waals surface area contributed by atoms with Gasteiger partial charge in [-0.2, -0.15) is 4.31 Å². The number of carboxylic acid groups (broad SMARTS) is 1. The van der Waals surface area contributed by atoms with Gasteiger partial charge in [0.1, 0.15) is 22.4 Å². The van der Waals surface area contributed by atoms with Gasteiger partial charge in [-0.1, -0.05) is 24.3 Å². The predicted molar refractivity (Wildman–Crippen MR) is 112 cm³/mol. The Morgan fingerprint density at radius 3 is 2.42 bits per heavy atom. The van der Waals surface area contributed by atoms with Crippen LogP contribution >= 0.6 is 0 Å². The average molecular weight is 440 g/mol.